The van der Waals surface area contributed by atoms with E-state index in [0.29, 0.717) is 12.5 Å². The molecule has 0 radical (unpaired) electrons. The smallest absolute Gasteiger partial charge is 0.321 e. The summed E-state index contributed by atoms with van der Waals surface area (Å²) >= 11 is 0. The van der Waals surface area contributed by atoms with Crippen LogP contribution in [0.1, 0.15) is 18.9 Å². The van der Waals surface area contributed by atoms with Crippen molar-refractivity contribution in [1.29, 1.82) is 0 Å². The Hall–Kier alpha value is -3.22. The summed E-state index contributed by atoms with van der Waals surface area (Å²) in [6.45, 7) is 3.92. The van der Waals surface area contributed by atoms with Crippen LogP contribution in [0.2, 0.25) is 0 Å². The van der Waals surface area contributed by atoms with Gasteiger partial charge in [-0.1, -0.05) is 12.1 Å². The number of carboxylic acid groups (broad SMARTS) is 1. The van der Waals surface area contributed by atoms with Crippen molar-refractivity contribution in [2.45, 2.75) is 19.8 Å². The number of nitrogens with zero attached hydrogens (tertiary/aromatic N) is 1. The van der Waals surface area contributed by atoms with Gasteiger partial charge in [0, 0.05) is 18.8 Å². The lowest BCUT2D eigenvalue weighted by atomic mass is 9.99. The standard InChI is InChI=1S/C21H26N2O3.CH2O2/c1-3-26-20-10-6-18(7-11-20)22-21(24)23-13-12-17(15-23)14-16-4-8-19(25-2)9-5-16;2-1-3/h4-11,17H,3,12-15H2,1-2H3,(H,22,24);1H,(H,2,3). The van der Waals surface area contributed by atoms with E-state index in [1.54, 1.807) is 7.11 Å². The predicted octanol–water partition coefficient (Wildman–Crippen LogP) is 3.89. The lowest BCUT2D eigenvalue weighted by molar-refractivity contribution is -0.122. The molecule has 7 nitrogen and oxygen atoms in total. The first kappa shape index (κ1) is 22.1. The Kier molecular flexibility index (Phi) is 8.82. The largest absolute Gasteiger partial charge is 0.497 e. The molecule has 1 heterocycles. The van der Waals surface area contributed by atoms with Gasteiger partial charge < -0.3 is 24.8 Å². The molecule has 2 N–H and O–H groups in total. The number of anilines is 1. The highest BCUT2D eigenvalue weighted by Crippen LogP contribution is 2.23. The summed E-state index contributed by atoms with van der Waals surface area (Å²) in [6, 6.07) is 15.6. The molecule has 1 fully saturated rings. The van der Waals surface area contributed by atoms with Gasteiger partial charge in [-0.15, -0.1) is 0 Å². The summed E-state index contributed by atoms with van der Waals surface area (Å²) < 4.78 is 10.6. The van der Waals surface area contributed by atoms with Crippen LogP contribution in [-0.2, 0) is 11.2 Å². The molecule has 3 rings (SSSR count). The maximum Gasteiger partial charge on any atom is 0.321 e. The third kappa shape index (κ3) is 7.03. The number of hydrogen-bond acceptors (Lipinski definition) is 4. The zero-order valence-corrected chi connectivity index (χ0v) is 16.8. The molecular formula is C22H28N2O5. The maximum atomic E-state index is 12.5. The second kappa shape index (κ2) is 11.6. The molecule has 2 amide bonds. The number of ether oxygens (including phenoxy) is 2. The Morgan fingerprint density at radius 1 is 1.17 bits per heavy atom. The van der Waals surface area contributed by atoms with E-state index in [4.69, 9.17) is 19.4 Å². The van der Waals surface area contributed by atoms with E-state index in [-0.39, 0.29) is 12.5 Å². The number of likely N-dealkylation sites (tertiary alicyclic amines) is 1. The Bertz CT molecular complexity index is 762. The Labute approximate surface area is 171 Å². The number of methoxy groups -OCH3 is 1. The van der Waals surface area contributed by atoms with Crippen molar-refractivity contribution in [1.82, 2.24) is 4.90 Å². The molecule has 0 aliphatic carbocycles. The second-order valence-electron chi connectivity index (χ2n) is 6.65. The summed E-state index contributed by atoms with van der Waals surface area (Å²) in [5.74, 6) is 2.18. The molecule has 1 saturated heterocycles. The summed E-state index contributed by atoms with van der Waals surface area (Å²) in [5, 5.41) is 9.86. The molecule has 0 spiro atoms. The highest BCUT2D eigenvalue weighted by atomic mass is 16.5. The third-order valence-corrected chi connectivity index (χ3v) is 4.67. The summed E-state index contributed by atoms with van der Waals surface area (Å²) in [5.41, 5.74) is 2.07. The lowest BCUT2D eigenvalue weighted by Gasteiger charge is -2.18. The molecule has 1 unspecified atom stereocenters. The normalized spacial score (nSPS) is 15.1. The van der Waals surface area contributed by atoms with Crippen LogP contribution in [0.25, 0.3) is 0 Å². The molecule has 7 heteroatoms. The van der Waals surface area contributed by atoms with E-state index in [9.17, 15) is 4.79 Å². The lowest BCUT2D eigenvalue weighted by Crippen LogP contribution is -2.33. The van der Waals surface area contributed by atoms with E-state index in [2.05, 4.69) is 17.4 Å². The molecule has 0 saturated carbocycles. The van der Waals surface area contributed by atoms with Crippen molar-refractivity contribution in [3.05, 3.63) is 54.1 Å². The quantitative estimate of drug-likeness (QED) is 0.718. The second-order valence-corrected chi connectivity index (χ2v) is 6.65. The van der Waals surface area contributed by atoms with Crippen LogP contribution in [-0.4, -0.2) is 49.3 Å². The molecular weight excluding hydrogens is 372 g/mol. The van der Waals surface area contributed by atoms with Crippen LogP contribution in [0.4, 0.5) is 10.5 Å². The van der Waals surface area contributed by atoms with Crippen molar-refractivity contribution >= 4 is 18.2 Å². The fourth-order valence-electron chi connectivity index (χ4n) is 3.28. The van der Waals surface area contributed by atoms with Crippen molar-refractivity contribution in [2.24, 2.45) is 5.92 Å². The molecule has 2 aromatic carbocycles. The molecule has 2 aromatic rings. The number of hydrogen-bond donors (Lipinski definition) is 2. The molecule has 0 aromatic heterocycles. The van der Waals surface area contributed by atoms with Crippen LogP contribution in [0.5, 0.6) is 11.5 Å². The van der Waals surface area contributed by atoms with Gasteiger partial charge in [-0.25, -0.2) is 4.79 Å². The average Bonchev–Trinajstić information content (AvgIpc) is 3.19. The molecule has 1 aliphatic heterocycles. The van der Waals surface area contributed by atoms with Gasteiger partial charge in [0.15, 0.2) is 0 Å². The fraction of sp³-hybridized carbons (Fsp3) is 0.364. The first-order valence-electron chi connectivity index (χ1n) is 9.59. The Morgan fingerprint density at radius 3 is 2.38 bits per heavy atom. The zero-order chi connectivity index (χ0) is 21.1. The highest BCUT2D eigenvalue weighted by Gasteiger charge is 2.26. The molecule has 1 atom stereocenters. The zero-order valence-electron chi connectivity index (χ0n) is 16.8. The number of carbonyl (C=O) groups is 2. The topological polar surface area (TPSA) is 88.1 Å². The minimum Gasteiger partial charge on any atom is -0.497 e. The average molecular weight is 400 g/mol. The minimum atomic E-state index is -0.250. The van der Waals surface area contributed by atoms with Crippen LogP contribution >= 0.6 is 0 Å². The van der Waals surface area contributed by atoms with E-state index in [1.165, 1.54) is 5.56 Å². The highest BCUT2D eigenvalue weighted by molar-refractivity contribution is 5.89. The van der Waals surface area contributed by atoms with Crippen LogP contribution in [0.15, 0.2) is 48.5 Å². The molecule has 156 valence electrons. The van der Waals surface area contributed by atoms with Gasteiger partial charge in [0.1, 0.15) is 11.5 Å². The van der Waals surface area contributed by atoms with Crippen LogP contribution in [0.3, 0.4) is 0 Å². The summed E-state index contributed by atoms with van der Waals surface area (Å²) in [7, 11) is 1.67. The Balaban J connectivity index is 0.000000941. The number of amides is 2. The van der Waals surface area contributed by atoms with E-state index < -0.39 is 0 Å². The van der Waals surface area contributed by atoms with E-state index in [0.717, 1.165) is 43.1 Å². The van der Waals surface area contributed by atoms with Gasteiger partial charge in [0.25, 0.3) is 6.47 Å². The molecule has 0 bridgehead atoms. The maximum absolute atomic E-state index is 12.5. The predicted molar refractivity (Wildman–Crippen MR) is 112 cm³/mol. The summed E-state index contributed by atoms with van der Waals surface area (Å²) in [6.07, 6.45) is 2.01. The van der Waals surface area contributed by atoms with Gasteiger partial charge >= 0.3 is 6.03 Å². The molecule has 29 heavy (non-hydrogen) atoms. The van der Waals surface area contributed by atoms with Gasteiger partial charge in [-0.2, -0.15) is 0 Å². The number of benzene rings is 2. The number of carbonyl (C=O) groups excluding carboxylic acids is 1. The van der Waals surface area contributed by atoms with E-state index >= 15 is 0 Å². The van der Waals surface area contributed by atoms with Gasteiger partial charge in [0.2, 0.25) is 0 Å². The van der Waals surface area contributed by atoms with Crippen molar-refractivity contribution < 1.29 is 24.2 Å². The van der Waals surface area contributed by atoms with Crippen LogP contribution < -0.4 is 14.8 Å². The fourth-order valence-corrected chi connectivity index (χ4v) is 3.28. The first-order chi connectivity index (χ1) is 14.1. The summed E-state index contributed by atoms with van der Waals surface area (Å²) in [4.78, 5) is 22.7. The third-order valence-electron chi connectivity index (χ3n) is 4.67. The number of nitrogens with one attached hydrogen (secondary N) is 1. The van der Waals surface area contributed by atoms with Crippen molar-refractivity contribution in [3.63, 3.8) is 0 Å². The van der Waals surface area contributed by atoms with Crippen molar-refractivity contribution in [2.75, 3.05) is 32.1 Å². The van der Waals surface area contributed by atoms with Gasteiger partial charge in [-0.3, -0.25) is 4.79 Å². The SMILES string of the molecule is CCOc1ccc(NC(=O)N2CCC(Cc3ccc(OC)cc3)C2)cc1.O=CO. The minimum absolute atomic E-state index is 0.0357. The first-order valence-corrected chi connectivity index (χ1v) is 9.59. The van der Waals surface area contributed by atoms with Gasteiger partial charge in [-0.05, 0) is 67.6 Å². The number of urea groups is 1. The van der Waals surface area contributed by atoms with Crippen LogP contribution in [0, 0.1) is 5.92 Å². The monoisotopic (exact) mass is 400 g/mol. The Morgan fingerprint density at radius 2 is 1.79 bits per heavy atom. The van der Waals surface area contributed by atoms with Crippen molar-refractivity contribution in [3.8, 4) is 11.5 Å². The number of rotatable bonds is 6. The molecule has 1 aliphatic rings. The van der Waals surface area contributed by atoms with Gasteiger partial charge in [0.05, 0.1) is 13.7 Å². The van der Waals surface area contributed by atoms with E-state index in [1.807, 2.05) is 48.2 Å².